The SMILES string of the molecule is CC(C)C(=O)N1CCC(C(=O)NCCNc2ccc([N+](=O)[O-])cc2)CC1. The third kappa shape index (κ3) is 5.44. The maximum Gasteiger partial charge on any atom is 0.269 e. The van der Waals surface area contributed by atoms with Crippen LogP contribution in [-0.4, -0.2) is 47.8 Å². The van der Waals surface area contributed by atoms with Gasteiger partial charge in [0.05, 0.1) is 4.92 Å². The summed E-state index contributed by atoms with van der Waals surface area (Å²) in [5.41, 5.74) is 0.816. The van der Waals surface area contributed by atoms with Crippen LogP contribution in [0.4, 0.5) is 11.4 Å². The summed E-state index contributed by atoms with van der Waals surface area (Å²) < 4.78 is 0. The van der Waals surface area contributed by atoms with Crippen molar-refractivity contribution in [3.05, 3.63) is 34.4 Å². The van der Waals surface area contributed by atoms with Crippen molar-refractivity contribution in [2.45, 2.75) is 26.7 Å². The van der Waals surface area contributed by atoms with E-state index in [1.165, 1.54) is 12.1 Å². The molecular weight excluding hydrogens is 336 g/mol. The topological polar surface area (TPSA) is 105 Å². The number of carbonyl (C=O) groups excluding carboxylic acids is 2. The number of amides is 2. The lowest BCUT2D eigenvalue weighted by Gasteiger charge is -2.32. The Morgan fingerprint density at radius 2 is 1.81 bits per heavy atom. The Morgan fingerprint density at radius 1 is 1.19 bits per heavy atom. The monoisotopic (exact) mass is 362 g/mol. The lowest BCUT2D eigenvalue weighted by Crippen LogP contribution is -2.44. The molecule has 1 aliphatic rings. The number of anilines is 1. The molecule has 2 N–H and O–H groups in total. The molecule has 0 aliphatic carbocycles. The van der Waals surface area contributed by atoms with Gasteiger partial charge in [-0.2, -0.15) is 0 Å². The fraction of sp³-hybridized carbons (Fsp3) is 0.556. The van der Waals surface area contributed by atoms with Gasteiger partial charge in [-0.3, -0.25) is 19.7 Å². The van der Waals surface area contributed by atoms with Crippen LogP contribution < -0.4 is 10.6 Å². The molecule has 8 heteroatoms. The number of nitro groups is 1. The van der Waals surface area contributed by atoms with Crippen LogP contribution in [0.3, 0.4) is 0 Å². The van der Waals surface area contributed by atoms with Crippen molar-refractivity contribution < 1.29 is 14.5 Å². The smallest absolute Gasteiger partial charge is 0.269 e. The highest BCUT2D eigenvalue weighted by Crippen LogP contribution is 2.19. The number of hydrogen-bond donors (Lipinski definition) is 2. The summed E-state index contributed by atoms with van der Waals surface area (Å²) in [5, 5.41) is 16.6. The minimum Gasteiger partial charge on any atom is -0.383 e. The Hall–Kier alpha value is -2.64. The van der Waals surface area contributed by atoms with Crippen LogP contribution in [0.2, 0.25) is 0 Å². The van der Waals surface area contributed by atoms with Gasteiger partial charge in [0, 0.05) is 55.8 Å². The fourth-order valence-corrected chi connectivity index (χ4v) is 2.97. The first-order valence-corrected chi connectivity index (χ1v) is 8.93. The minimum atomic E-state index is -0.440. The molecule has 0 unspecified atom stereocenters. The molecule has 0 atom stereocenters. The minimum absolute atomic E-state index is 0.00845. The summed E-state index contributed by atoms with van der Waals surface area (Å²) in [6, 6.07) is 6.16. The normalized spacial score (nSPS) is 15.0. The molecule has 0 saturated carbocycles. The van der Waals surface area contributed by atoms with Crippen LogP contribution in [0.1, 0.15) is 26.7 Å². The second-order valence-corrected chi connectivity index (χ2v) is 6.78. The summed E-state index contributed by atoms with van der Waals surface area (Å²) in [4.78, 5) is 36.2. The molecule has 1 aromatic carbocycles. The largest absolute Gasteiger partial charge is 0.383 e. The predicted octanol–water partition coefficient (Wildman–Crippen LogP) is 2.02. The third-order valence-electron chi connectivity index (χ3n) is 4.50. The number of nitrogens with one attached hydrogen (secondary N) is 2. The van der Waals surface area contributed by atoms with Gasteiger partial charge in [0.2, 0.25) is 11.8 Å². The average Bonchev–Trinajstić information content (AvgIpc) is 2.64. The number of nitro benzene ring substituents is 1. The van der Waals surface area contributed by atoms with Gasteiger partial charge in [0.15, 0.2) is 0 Å². The van der Waals surface area contributed by atoms with Gasteiger partial charge in [0.1, 0.15) is 0 Å². The van der Waals surface area contributed by atoms with Gasteiger partial charge < -0.3 is 15.5 Å². The van der Waals surface area contributed by atoms with E-state index in [0.29, 0.717) is 39.0 Å². The van der Waals surface area contributed by atoms with Crippen LogP contribution >= 0.6 is 0 Å². The molecule has 8 nitrogen and oxygen atoms in total. The summed E-state index contributed by atoms with van der Waals surface area (Å²) in [7, 11) is 0. The molecule has 0 bridgehead atoms. The highest BCUT2D eigenvalue weighted by Gasteiger charge is 2.27. The lowest BCUT2D eigenvalue weighted by molar-refractivity contribution is -0.384. The van der Waals surface area contributed by atoms with E-state index in [1.54, 1.807) is 12.1 Å². The number of non-ortho nitro benzene ring substituents is 1. The fourth-order valence-electron chi connectivity index (χ4n) is 2.97. The molecular formula is C18H26N4O4. The number of benzene rings is 1. The molecule has 1 saturated heterocycles. The third-order valence-corrected chi connectivity index (χ3v) is 4.50. The van der Waals surface area contributed by atoms with E-state index in [0.717, 1.165) is 5.69 Å². The van der Waals surface area contributed by atoms with Crippen LogP contribution in [0.25, 0.3) is 0 Å². The Morgan fingerprint density at radius 3 is 2.35 bits per heavy atom. The van der Waals surface area contributed by atoms with Crippen molar-refractivity contribution in [1.82, 2.24) is 10.2 Å². The van der Waals surface area contributed by atoms with Gasteiger partial charge in [-0.15, -0.1) is 0 Å². The highest BCUT2D eigenvalue weighted by atomic mass is 16.6. The molecule has 1 fully saturated rings. The van der Waals surface area contributed by atoms with E-state index in [-0.39, 0.29) is 29.3 Å². The van der Waals surface area contributed by atoms with E-state index >= 15 is 0 Å². The quantitative estimate of drug-likeness (QED) is 0.439. The number of nitrogens with zero attached hydrogens (tertiary/aromatic N) is 2. The number of piperidine rings is 1. The molecule has 0 radical (unpaired) electrons. The molecule has 2 amide bonds. The summed E-state index contributed by atoms with van der Waals surface area (Å²) >= 11 is 0. The first-order valence-electron chi connectivity index (χ1n) is 8.93. The Balaban J connectivity index is 1.66. The van der Waals surface area contributed by atoms with Crippen LogP contribution in [0.15, 0.2) is 24.3 Å². The molecule has 142 valence electrons. The van der Waals surface area contributed by atoms with Gasteiger partial charge in [-0.25, -0.2) is 0 Å². The van der Waals surface area contributed by atoms with E-state index in [4.69, 9.17) is 0 Å². The second kappa shape index (κ2) is 9.17. The zero-order chi connectivity index (χ0) is 19.1. The highest BCUT2D eigenvalue weighted by molar-refractivity contribution is 5.80. The Kier molecular flexibility index (Phi) is 6.94. The summed E-state index contributed by atoms with van der Waals surface area (Å²) in [6.07, 6.45) is 1.39. The molecule has 1 aliphatic heterocycles. The zero-order valence-electron chi connectivity index (χ0n) is 15.2. The van der Waals surface area contributed by atoms with Crippen molar-refractivity contribution in [3.63, 3.8) is 0 Å². The first-order chi connectivity index (χ1) is 12.4. The van der Waals surface area contributed by atoms with Gasteiger partial charge >= 0.3 is 0 Å². The van der Waals surface area contributed by atoms with E-state index in [1.807, 2.05) is 18.7 Å². The zero-order valence-corrected chi connectivity index (χ0v) is 15.2. The Labute approximate surface area is 153 Å². The summed E-state index contributed by atoms with van der Waals surface area (Å²) in [6.45, 7) is 6.06. The van der Waals surface area contributed by atoms with Gasteiger partial charge in [0.25, 0.3) is 5.69 Å². The molecule has 1 heterocycles. The lowest BCUT2D eigenvalue weighted by atomic mass is 9.95. The van der Waals surface area contributed by atoms with Crippen molar-refractivity contribution in [2.75, 3.05) is 31.5 Å². The van der Waals surface area contributed by atoms with Crippen molar-refractivity contribution in [3.8, 4) is 0 Å². The van der Waals surface area contributed by atoms with E-state index < -0.39 is 4.92 Å². The number of rotatable bonds is 7. The molecule has 26 heavy (non-hydrogen) atoms. The summed E-state index contributed by atoms with van der Waals surface area (Å²) in [5.74, 6) is 0.111. The second-order valence-electron chi connectivity index (χ2n) is 6.78. The number of hydrogen-bond acceptors (Lipinski definition) is 5. The Bertz CT molecular complexity index is 637. The van der Waals surface area contributed by atoms with E-state index in [9.17, 15) is 19.7 Å². The van der Waals surface area contributed by atoms with Crippen molar-refractivity contribution >= 4 is 23.2 Å². The average molecular weight is 362 g/mol. The van der Waals surface area contributed by atoms with Crippen LogP contribution in [0.5, 0.6) is 0 Å². The standard InChI is InChI=1S/C18H26N4O4/c1-13(2)18(24)21-11-7-14(8-12-21)17(23)20-10-9-19-15-3-5-16(6-4-15)22(25)26/h3-6,13-14,19H,7-12H2,1-2H3,(H,20,23). The molecule has 1 aromatic rings. The number of carbonyl (C=O) groups is 2. The van der Waals surface area contributed by atoms with Gasteiger partial charge in [-0.1, -0.05) is 13.8 Å². The van der Waals surface area contributed by atoms with Crippen LogP contribution in [-0.2, 0) is 9.59 Å². The number of likely N-dealkylation sites (tertiary alicyclic amines) is 1. The predicted molar refractivity (Wildman–Crippen MR) is 98.7 cm³/mol. The molecule has 0 aromatic heterocycles. The van der Waals surface area contributed by atoms with Crippen molar-refractivity contribution in [1.29, 1.82) is 0 Å². The molecule has 0 spiro atoms. The first kappa shape index (κ1) is 19.7. The maximum atomic E-state index is 12.2. The maximum absolute atomic E-state index is 12.2. The van der Waals surface area contributed by atoms with Crippen molar-refractivity contribution in [2.24, 2.45) is 11.8 Å². The van der Waals surface area contributed by atoms with Gasteiger partial charge in [-0.05, 0) is 25.0 Å². The molecule has 2 rings (SSSR count). The van der Waals surface area contributed by atoms with Crippen LogP contribution in [0, 0.1) is 22.0 Å². The van der Waals surface area contributed by atoms with E-state index in [2.05, 4.69) is 10.6 Å².